The molecule has 1 aliphatic rings. The number of nitrogens with zero attached hydrogens (tertiary/aromatic N) is 3. The summed E-state index contributed by atoms with van der Waals surface area (Å²) in [5.74, 6) is -4.38. The number of piperidine rings is 1. The summed E-state index contributed by atoms with van der Waals surface area (Å²) >= 11 is 0. The summed E-state index contributed by atoms with van der Waals surface area (Å²) in [6.45, 7) is 7.15. The number of nitrogens with two attached hydrogens (primary N) is 1. The zero-order valence-corrected chi connectivity index (χ0v) is 16.6. The molecule has 1 saturated heterocycles. The van der Waals surface area contributed by atoms with E-state index >= 15 is 0 Å². The quantitative estimate of drug-likeness (QED) is 0.886. The molecule has 0 unspecified atom stereocenters. The van der Waals surface area contributed by atoms with Gasteiger partial charge in [0.05, 0.1) is 17.8 Å². The van der Waals surface area contributed by atoms with Crippen LogP contribution in [-0.4, -0.2) is 39.4 Å². The number of rotatable bonds is 3. The highest BCUT2D eigenvalue weighted by Gasteiger charge is 2.40. The molecule has 1 amide bonds. The molecule has 0 radical (unpaired) electrons. The van der Waals surface area contributed by atoms with Crippen LogP contribution in [0.5, 0.6) is 0 Å². The number of pyridine rings is 1. The Morgan fingerprint density at radius 2 is 2.11 bits per heavy atom. The predicted molar refractivity (Wildman–Crippen MR) is 103 cm³/mol. The number of anilines is 1. The van der Waals surface area contributed by atoms with Gasteiger partial charge in [-0.2, -0.15) is 0 Å². The van der Waals surface area contributed by atoms with Gasteiger partial charge in [0.2, 0.25) is 5.91 Å². The number of hydrogen-bond acceptors (Lipinski definition) is 3. The summed E-state index contributed by atoms with van der Waals surface area (Å²) in [4.78, 5) is 18.5. The van der Waals surface area contributed by atoms with Crippen LogP contribution in [0.4, 0.5) is 14.5 Å². The molecule has 2 aromatic rings. The molecule has 3 atom stereocenters. The zero-order valence-electron chi connectivity index (χ0n) is 16.6. The van der Waals surface area contributed by atoms with Gasteiger partial charge >= 0.3 is 0 Å². The molecular weight excluding hydrogens is 350 g/mol. The fraction of sp³-hybridized carbons (Fsp3) is 0.600. The Morgan fingerprint density at radius 3 is 2.70 bits per heavy atom. The molecule has 0 aliphatic carbocycles. The maximum Gasteiger partial charge on any atom is 0.256 e. The van der Waals surface area contributed by atoms with Crippen molar-refractivity contribution in [2.24, 2.45) is 18.9 Å². The third-order valence-corrected chi connectivity index (χ3v) is 6.06. The number of aromatic nitrogens is 2. The van der Waals surface area contributed by atoms with Gasteiger partial charge < -0.3 is 15.2 Å². The van der Waals surface area contributed by atoms with Crippen molar-refractivity contribution in [2.75, 3.05) is 18.8 Å². The van der Waals surface area contributed by atoms with E-state index in [0.29, 0.717) is 18.8 Å². The second-order valence-corrected chi connectivity index (χ2v) is 8.07. The fourth-order valence-electron chi connectivity index (χ4n) is 4.13. The van der Waals surface area contributed by atoms with Crippen LogP contribution in [-0.2, 0) is 11.8 Å². The molecule has 3 rings (SSSR count). The Morgan fingerprint density at radius 1 is 1.44 bits per heavy atom. The largest absolute Gasteiger partial charge is 0.397 e. The Labute approximate surface area is 158 Å². The van der Waals surface area contributed by atoms with Crippen LogP contribution in [0.3, 0.4) is 0 Å². The second kappa shape index (κ2) is 6.77. The standard InChI is InChI=1S/C20H28F2N4O/c1-11-9-26(19(27)13(3)20(4,21)22)7-6-14(11)15-10-25(5)18-17(15)12(2)16(23)8-24-18/h8,10-11,13-14H,6-7,9,23H2,1-5H3/t11-,13+,14+/m0/s1. The zero-order chi connectivity index (χ0) is 20.1. The Bertz CT molecular complexity index is 871. The fourth-order valence-corrected chi connectivity index (χ4v) is 4.13. The first-order valence-electron chi connectivity index (χ1n) is 9.39. The van der Waals surface area contributed by atoms with E-state index in [2.05, 4.69) is 18.1 Å². The molecule has 0 spiro atoms. The molecule has 5 nitrogen and oxygen atoms in total. The SMILES string of the molecule is Cc1c(N)cnc2c1c([C@@H]1CCN(C(=O)[C@@H](C)C(C)(F)F)C[C@@H]1C)cn2C. The third-order valence-electron chi connectivity index (χ3n) is 6.06. The van der Waals surface area contributed by atoms with Crippen LogP contribution >= 0.6 is 0 Å². The number of nitrogen functional groups attached to an aromatic ring is 1. The second-order valence-electron chi connectivity index (χ2n) is 8.07. The van der Waals surface area contributed by atoms with Crippen molar-refractivity contribution in [2.45, 2.75) is 46.0 Å². The summed E-state index contributed by atoms with van der Waals surface area (Å²) in [6.07, 6.45) is 4.51. The topological polar surface area (TPSA) is 64.2 Å². The van der Waals surface area contributed by atoms with Gasteiger partial charge in [0, 0.05) is 38.6 Å². The van der Waals surface area contributed by atoms with Gasteiger partial charge in [-0.15, -0.1) is 0 Å². The van der Waals surface area contributed by atoms with E-state index in [1.165, 1.54) is 12.5 Å². The Kier molecular flexibility index (Phi) is 4.91. The number of fused-ring (bicyclic) bond motifs is 1. The number of amides is 1. The van der Waals surface area contributed by atoms with E-state index in [9.17, 15) is 13.6 Å². The number of carbonyl (C=O) groups is 1. The minimum atomic E-state index is -3.01. The molecular formula is C20H28F2N4O. The lowest BCUT2D eigenvalue weighted by molar-refractivity contribution is -0.148. The average Bonchev–Trinajstić information content (AvgIpc) is 2.93. The van der Waals surface area contributed by atoms with Gasteiger partial charge in [-0.3, -0.25) is 4.79 Å². The predicted octanol–water partition coefficient (Wildman–Crippen LogP) is 3.71. The minimum absolute atomic E-state index is 0.159. The van der Waals surface area contributed by atoms with E-state index in [-0.39, 0.29) is 11.8 Å². The maximum absolute atomic E-state index is 13.6. The molecule has 2 aromatic heterocycles. The van der Waals surface area contributed by atoms with E-state index in [4.69, 9.17) is 5.73 Å². The van der Waals surface area contributed by atoms with Crippen LogP contribution in [0.1, 0.15) is 44.2 Å². The summed E-state index contributed by atoms with van der Waals surface area (Å²) in [7, 11) is 1.96. The van der Waals surface area contributed by atoms with Crippen LogP contribution in [0, 0.1) is 18.8 Å². The van der Waals surface area contributed by atoms with Crippen LogP contribution in [0.2, 0.25) is 0 Å². The number of aryl methyl sites for hydroxylation is 2. The number of halogens is 2. The van der Waals surface area contributed by atoms with Gasteiger partial charge in [-0.1, -0.05) is 6.92 Å². The number of alkyl halides is 2. The van der Waals surface area contributed by atoms with Crippen LogP contribution in [0.25, 0.3) is 11.0 Å². The van der Waals surface area contributed by atoms with Gasteiger partial charge in [-0.25, -0.2) is 13.8 Å². The molecule has 7 heteroatoms. The lowest BCUT2D eigenvalue weighted by Crippen LogP contribution is -2.47. The summed E-state index contributed by atoms with van der Waals surface area (Å²) in [6, 6.07) is 0. The highest BCUT2D eigenvalue weighted by atomic mass is 19.3. The Balaban J connectivity index is 1.87. The molecule has 0 aromatic carbocycles. The van der Waals surface area contributed by atoms with Crippen molar-refractivity contribution in [1.82, 2.24) is 14.5 Å². The highest BCUT2D eigenvalue weighted by Crippen LogP contribution is 2.39. The molecule has 1 aliphatic heterocycles. The number of carbonyl (C=O) groups excluding carboxylic acids is 1. The molecule has 3 heterocycles. The average molecular weight is 378 g/mol. The van der Waals surface area contributed by atoms with E-state index < -0.39 is 17.7 Å². The molecule has 2 N–H and O–H groups in total. The van der Waals surface area contributed by atoms with Crippen LogP contribution in [0.15, 0.2) is 12.4 Å². The molecule has 0 bridgehead atoms. The monoisotopic (exact) mass is 378 g/mol. The summed E-state index contributed by atoms with van der Waals surface area (Å²) in [5, 5.41) is 1.07. The highest BCUT2D eigenvalue weighted by molar-refractivity contribution is 5.88. The minimum Gasteiger partial charge on any atom is -0.397 e. The lowest BCUT2D eigenvalue weighted by atomic mass is 9.80. The smallest absolute Gasteiger partial charge is 0.256 e. The molecule has 27 heavy (non-hydrogen) atoms. The Hall–Kier alpha value is -2.18. The number of likely N-dealkylation sites (tertiary alicyclic amines) is 1. The molecule has 1 fully saturated rings. The van der Waals surface area contributed by atoms with Gasteiger partial charge in [0.1, 0.15) is 5.65 Å². The van der Waals surface area contributed by atoms with Crippen molar-refractivity contribution in [3.8, 4) is 0 Å². The normalized spacial score (nSPS) is 22.3. The molecule has 148 valence electrons. The first kappa shape index (κ1) is 19.6. The van der Waals surface area contributed by atoms with E-state index in [1.54, 1.807) is 11.1 Å². The van der Waals surface area contributed by atoms with Crippen molar-refractivity contribution in [3.63, 3.8) is 0 Å². The van der Waals surface area contributed by atoms with E-state index in [1.807, 2.05) is 18.5 Å². The molecule has 0 saturated carbocycles. The first-order chi connectivity index (χ1) is 12.5. The van der Waals surface area contributed by atoms with E-state index in [0.717, 1.165) is 29.9 Å². The van der Waals surface area contributed by atoms with Crippen molar-refractivity contribution < 1.29 is 13.6 Å². The van der Waals surface area contributed by atoms with Gasteiger partial charge in [0.25, 0.3) is 5.92 Å². The summed E-state index contributed by atoms with van der Waals surface area (Å²) < 4.78 is 29.1. The summed E-state index contributed by atoms with van der Waals surface area (Å²) in [5.41, 5.74) is 9.81. The van der Waals surface area contributed by atoms with Crippen LogP contribution < -0.4 is 5.73 Å². The number of hydrogen-bond donors (Lipinski definition) is 1. The first-order valence-corrected chi connectivity index (χ1v) is 9.39. The lowest BCUT2D eigenvalue weighted by Gasteiger charge is -2.38. The third kappa shape index (κ3) is 3.39. The van der Waals surface area contributed by atoms with Crippen molar-refractivity contribution >= 4 is 22.6 Å². The van der Waals surface area contributed by atoms with Crippen molar-refractivity contribution in [3.05, 3.63) is 23.5 Å². The van der Waals surface area contributed by atoms with Gasteiger partial charge in [-0.05, 0) is 43.2 Å². The maximum atomic E-state index is 13.6. The van der Waals surface area contributed by atoms with Gasteiger partial charge in [0.15, 0.2) is 0 Å². The van der Waals surface area contributed by atoms with Crippen molar-refractivity contribution in [1.29, 1.82) is 0 Å².